The second kappa shape index (κ2) is 6.54. The van der Waals surface area contributed by atoms with Gasteiger partial charge in [-0.1, -0.05) is 37.3 Å². The van der Waals surface area contributed by atoms with Crippen molar-refractivity contribution in [3.63, 3.8) is 0 Å². The summed E-state index contributed by atoms with van der Waals surface area (Å²) in [4.78, 5) is 6.80. The van der Waals surface area contributed by atoms with E-state index in [1.165, 1.54) is 17.1 Å². The van der Waals surface area contributed by atoms with Gasteiger partial charge in [0.15, 0.2) is 0 Å². The Hall–Kier alpha value is -2.14. The fraction of sp³-hybridized carbons (Fsp3) is 0.250. The molecular formula is C16H17N3OS. The van der Waals surface area contributed by atoms with Gasteiger partial charge in [-0.3, -0.25) is 0 Å². The molecule has 0 saturated carbocycles. The van der Waals surface area contributed by atoms with Gasteiger partial charge in [-0.2, -0.15) is 4.37 Å². The molecule has 0 aliphatic heterocycles. The maximum absolute atomic E-state index is 5.47. The molecule has 3 aromatic rings. The smallest absolute Gasteiger partial charge is 0.205 e. The van der Waals surface area contributed by atoms with Crippen molar-refractivity contribution in [3.8, 4) is 0 Å². The molecule has 0 aliphatic rings. The quantitative estimate of drug-likeness (QED) is 0.692. The predicted octanol–water partition coefficient (Wildman–Crippen LogP) is 3.90. The summed E-state index contributed by atoms with van der Waals surface area (Å²) in [6.07, 6.45) is 2.56. The first kappa shape index (κ1) is 13.8. The van der Waals surface area contributed by atoms with Gasteiger partial charge in [0.1, 0.15) is 11.6 Å². The topological polar surface area (TPSA) is 42.2 Å². The van der Waals surface area contributed by atoms with Crippen LogP contribution in [0.2, 0.25) is 0 Å². The monoisotopic (exact) mass is 299 g/mol. The Morgan fingerprint density at radius 3 is 2.62 bits per heavy atom. The van der Waals surface area contributed by atoms with Crippen molar-refractivity contribution < 1.29 is 4.42 Å². The van der Waals surface area contributed by atoms with Gasteiger partial charge in [-0.05, 0) is 17.7 Å². The lowest BCUT2D eigenvalue weighted by molar-refractivity contribution is 0.501. The highest BCUT2D eigenvalue weighted by atomic mass is 32.1. The van der Waals surface area contributed by atoms with Gasteiger partial charge in [0.05, 0.1) is 12.8 Å². The van der Waals surface area contributed by atoms with E-state index >= 15 is 0 Å². The second-order valence-corrected chi connectivity index (χ2v) is 5.50. The Balaban J connectivity index is 1.83. The minimum atomic E-state index is 0.695. The predicted molar refractivity (Wildman–Crippen MR) is 84.3 cm³/mol. The van der Waals surface area contributed by atoms with Crippen molar-refractivity contribution >= 4 is 16.7 Å². The molecule has 0 spiro atoms. The highest BCUT2D eigenvalue weighted by Gasteiger charge is 2.14. The molecule has 0 aliphatic carbocycles. The summed E-state index contributed by atoms with van der Waals surface area (Å²) in [5, 5.41) is 0.937. The number of furan rings is 1. The van der Waals surface area contributed by atoms with Crippen molar-refractivity contribution in [1.82, 2.24) is 9.36 Å². The zero-order valence-electron chi connectivity index (χ0n) is 11.9. The third-order valence-electron chi connectivity index (χ3n) is 3.19. The number of anilines is 1. The van der Waals surface area contributed by atoms with Gasteiger partial charge >= 0.3 is 0 Å². The van der Waals surface area contributed by atoms with Gasteiger partial charge < -0.3 is 9.32 Å². The Kier molecular flexibility index (Phi) is 4.31. The Morgan fingerprint density at radius 1 is 1.10 bits per heavy atom. The summed E-state index contributed by atoms with van der Waals surface area (Å²) in [6, 6.07) is 14.3. The molecule has 0 atom stereocenters. The summed E-state index contributed by atoms with van der Waals surface area (Å²) < 4.78 is 9.86. The van der Waals surface area contributed by atoms with Crippen LogP contribution in [0, 0.1) is 0 Å². The van der Waals surface area contributed by atoms with Crippen LogP contribution in [-0.2, 0) is 19.5 Å². The molecule has 108 valence electrons. The molecule has 0 fully saturated rings. The summed E-state index contributed by atoms with van der Waals surface area (Å²) in [7, 11) is 0. The molecule has 0 N–H and O–H groups in total. The maximum Gasteiger partial charge on any atom is 0.205 e. The first-order valence-electron chi connectivity index (χ1n) is 6.99. The van der Waals surface area contributed by atoms with Gasteiger partial charge in [-0.25, -0.2) is 4.98 Å². The van der Waals surface area contributed by atoms with E-state index < -0.39 is 0 Å². The van der Waals surface area contributed by atoms with E-state index in [2.05, 4.69) is 45.4 Å². The zero-order chi connectivity index (χ0) is 14.5. The lowest BCUT2D eigenvalue weighted by Gasteiger charge is -2.20. The van der Waals surface area contributed by atoms with Gasteiger partial charge in [0, 0.05) is 24.5 Å². The van der Waals surface area contributed by atoms with E-state index in [4.69, 9.17) is 4.42 Å². The molecule has 0 radical (unpaired) electrons. The molecule has 5 heteroatoms. The maximum atomic E-state index is 5.47. The highest BCUT2D eigenvalue weighted by Crippen LogP contribution is 2.22. The van der Waals surface area contributed by atoms with Crippen LogP contribution >= 0.6 is 11.5 Å². The van der Waals surface area contributed by atoms with Crippen LogP contribution in [0.15, 0.2) is 53.1 Å². The lowest BCUT2D eigenvalue weighted by atomic mass is 10.2. The van der Waals surface area contributed by atoms with E-state index in [1.54, 1.807) is 6.26 Å². The minimum Gasteiger partial charge on any atom is -0.467 e. The molecule has 0 bridgehead atoms. The first-order chi connectivity index (χ1) is 10.3. The zero-order valence-corrected chi connectivity index (χ0v) is 12.7. The van der Waals surface area contributed by atoms with Crippen molar-refractivity contribution in [2.24, 2.45) is 0 Å². The average molecular weight is 299 g/mol. The second-order valence-electron chi connectivity index (χ2n) is 4.77. The van der Waals surface area contributed by atoms with Gasteiger partial charge in [-0.15, -0.1) is 0 Å². The molecule has 0 unspecified atom stereocenters. The molecule has 2 aromatic heterocycles. The summed E-state index contributed by atoms with van der Waals surface area (Å²) in [5.41, 5.74) is 1.25. The number of nitrogens with zero attached hydrogens (tertiary/aromatic N) is 3. The molecule has 0 saturated heterocycles. The van der Waals surface area contributed by atoms with E-state index in [0.29, 0.717) is 6.54 Å². The molecule has 2 heterocycles. The largest absolute Gasteiger partial charge is 0.467 e. The standard InChI is InChI=1S/C16H17N3OS/c1-2-15-17-16(21-18-15)19(12-14-9-6-10-20-14)11-13-7-4-3-5-8-13/h3-10H,2,11-12H2,1H3. The lowest BCUT2D eigenvalue weighted by Crippen LogP contribution is -2.21. The summed E-state index contributed by atoms with van der Waals surface area (Å²) >= 11 is 1.45. The third kappa shape index (κ3) is 3.49. The number of hydrogen-bond acceptors (Lipinski definition) is 5. The molecule has 4 nitrogen and oxygen atoms in total. The number of aromatic nitrogens is 2. The summed E-state index contributed by atoms with van der Waals surface area (Å²) in [5.74, 6) is 1.83. The highest BCUT2D eigenvalue weighted by molar-refractivity contribution is 7.09. The number of aryl methyl sites for hydroxylation is 1. The number of rotatable bonds is 6. The minimum absolute atomic E-state index is 0.695. The van der Waals surface area contributed by atoms with Crippen molar-refractivity contribution in [1.29, 1.82) is 0 Å². The number of hydrogen-bond donors (Lipinski definition) is 0. The van der Waals surface area contributed by atoms with Crippen LogP contribution in [0.4, 0.5) is 5.13 Å². The van der Waals surface area contributed by atoms with E-state index in [9.17, 15) is 0 Å². The Morgan fingerprint density at radius 2 is 1.95 bits per heavy atom. The average Bonchev–Trinajstić information content (AvgIpc) is 3.19. The number of benzene rings is 1. The van der Waals surface area contributed by atoms with Crippen LogP contribution < -0.4 is 4.90 Å². The van der Waals surface area contributed by atoms with Crippen LogP contribution in [0.3, 0.4) is 0 Å². The first-order valence-corrected chi connectivity index (χ1v) is 7.76. The molecule has 21 heavy (non-hydrogen) atoms. The van der Waals surface area contributed by atoms with E-state index in [0.717, 1.165) is 29.7 Å². The molecule has 0 amide bonds. The SMILES string of the molecule is CCc1nsc(N(Cc2ccccc2)Cc2ccco2)n1. The fourth-order valence-corrected chi connectivity index (χ4v) is 2.85. The molecular weight excluding hydrogens is 282 g/mol. The molecule has 3 rings (SSSR count). The Bertz CT molecular complexity index is 664. The van der Waals surface area contributed by atoms with Crippen LogP contribution in [0.1, 0.15) is 24.1 Å². The summed E-state index contributed by atoms with van der Waals surface area (Å²) in [6.45, 7) is 3.56. The Labute approximate surface area is 128 Å². The van der Waals surface area contributed by atoms with Crippen molar-refractivity contribution in [2.75, 3.05) is 4.90 Å². The normalized spacial score (nSPS) is 10.7. The van der Waals surface area contributed by atoms with Crippen molar-refractivity contribution in [3.05, 3.63) is 65.9 Å². The molecule has 1 aromatic carbocycles. The third-order valence-corrected chi connectivity index (χ3v) is 4.00. The van der Waals surface area contributed by atoms with Crippen molar-refractivity contribution in [2.45, 2.75) is 26.4 Å². The van der Waals surface area contributed by atoms with Gasteiger partial charge in [0.25, 0.3) is 0 Å². The van der Waals surface area contributed by atoms with Gasteiger partial charge in [0.2, 0.25) is 5.13 Å². The van der Waals surface area contributed by atoms with E-state index in [-0.39, 0.29) is 0 Å². The van der Waals surface area contributed by atoms with Crippen LogP contribution in [0.5, 0.6) is 0 Å². The van der Waals surface area contributed by atoms with Crippen LogP contribution in [-0.4, -0.2) is 9.36 Å². The fourth-order valence-electron chi connectivity index (χ4n) is 2.10. The van der Waals surface area contributed by atoms with E-state index in [1.807, 2.05) is 18.2 Å². The van der Waals surface area contributed by atoms with Crippen LogP contribution in [0.25, 0.3) is 0 Å².